The summed E-state index contributed by atoms with van der Waals surface area (Å²) in [5.41, 5.74) is 3.76. The highest BCUT2D eigenvalue weighted by molar-refractivity contribution is 7.92. The van der Waals surface area contributed by atoms with E-state index in [2.05, 4.69) is 35.0 Å². The number of fused-ring (bicyclic) bond motifs is 2. The molecule has 5 aliphatic rings. The quantitative estimate of drug-likeness (QED) is 0.181. The highest BCUT2D eigenvalue weighted by atomic mass is 32.2. The van der Waals surface area contributed by atoms with E-state index in [0.717, 1.165) is 93.3 Å². The second-order valence-electron chi connectivity index (χ2n) is 17.3. The first-order valence-corrected chi connectivity index (χ1v) is 22.6. The second-order valence-corrected chi connectivity index (χ2v) is 18.9. The molecule has 0 saturated carbocycles. The fraction of sp³-hybridized carbons (Fsp3) is 0.409. The Morgan fingerprint density at radius 1 is 0.903 bits per heavy atom. The molecule has 4 fully saturated rings. The van der Waals surface area contributed by atoms with Gasteiger partial charge in [-0.1, -0.05) is 11.2 Å². The lowest BCUT2D eigenvalue weighted by molar-refractivity contribution is -0.136. The molecule has 5 aliphatic heterocycles. The van der Waals surface area contributed by atoms with E-state index < -0.39 is 39.7 Å². The number of amides is 4. The topological polar surface area (TPSA) is 193 Å². The van der Waals surface area contributed by atoms with Gasteiger partial charge in [-0.25, -0.2) is 8.42 Å². The summed E-state index contributed by atoms with van der Waals surface area (Å²) in [6.45, 7) is 6.85. The first-order chi connectivity index (χ1) is 30.0. The number of carbonyl (C=O) groups is 4. The maximum Gasteiger partial charge on any atom is 0.263 e. The molecule has 7 heterocycles. The van der Waals surface area contributed by atoms with E-state index in [4.69, 9.17) is 9.26 Å². The number of nitrogens with zero attached hydrogens (tertiary/aromatic N) is 7. The number of methoxy groups -OCH3 is 1. The molecule has 17 nitrogen and oxygen atoms in total. The summed E-state index contributed by atoms with van der Waals surface area (Å²) in [6, 6.07) is 16.9. The first-order valence-electron chi connectivity index (χ1n) is 21.1. The van der Waals surface area contributed by atoms with Crippen LogP contribution >= 0.6 is 0 Å². The molecule has 4 amide bonds. The van der Waals surface area contributed by atoms with Gasteiger partial charge in [0.2, 0.25) is 11.8 Å². The molecular formula is C44H47N9O8S. The number of imide groups is 2. The number of nitrogens with one attached hydrogen (secondary N) is 2. The molecule has 3 aromatic carbocycles. The molecule has 10 rings (SSSR count). The molecule has 2 atom stereocenters. The fourth-order valence-corrected chi connectivity index (χ4v) is 11.1. The molecule has 4 saturated heterocycles. The van der Waals surface area contributed by atoms with Crippen LogP contribution in [-0.2, 0) is 26.2 Å². The maximum atomic E-state index is 13.8. The van der Waals surface area contributed by atoms with E-state index in [-0.39, 0.29) is 34.5 Å². The van der Waals surface area contributed by atoms with Crippen LogP contribution in [0.15, 0.2) is 82.5 Å². The van der Waals surface area contributed by atoms with Crippen LogP contribution in [0, 0.1) is 11.3 Å². The molecule has 18 heteroatoms. The number of sulfonamides is 1. The molecule has 0 aliphatic carbocycles. The van der Waals surface area contributed by atoms with Crippen molar-refractivity contribution in [3.8, 4) is 5.75 Å². The molecule has 1 unspecified atom stereocenters. The molecule has 62 heavy (non-hydrogen) atoms. The van der Waals surface area contributed by atoms with Crippen LogP contribution in [-0.4, -0.2) is 116 Å². The van der Waals surface area contributed by atoms with Crippen molar-refractivity contribution in [2.24, 2.45) is 11.3 Å². The van der Waals surface area contributed by atoms with Crippen LogP contribution in [0.5, 0.6) is 5.75 Å². The normalized spacial score (nSPS) is 21.7. The highest BCUT2D eigenvalue weighted by Crippen LogP contribution is 2.43. The van der Waals surface area contributed by atoms with Crippen molar-refractivity contribution in [1.29, 1.82) is 0 Å². The van der Waals surface area contributed by atoms with Gasteiger partial charge in [-0.2, -0.15) is 5.10 Å². The number of piperidine rings is 2. The van der Waals surface area contributed by atoms with Gasteiger partial charge in [0.1, 0.15) is 17.2 Å². The van der Waals surface area contributed by atoms with Crippen LogP contribution in [0.2, 0.25) is 0 Å². The Balaban J connectivity index is 0.737. The fourth-order valence-electron chi connectivity index (χ4n) is 10.0. The molecule has 0 bridgehead atoms. The Morgan fingerprint density at radius 3 is 2.50 bits per heavy atom. The van der Waals surface area contributed by atoms with Crippen molar-refractivity contribution < 1.29 is 36.9 Å². The van der Waals surface area contributed by atoms with Gasteiger partial charge in [-0.05, 0) is 117 Å². The Labute approximate surface area is 358 Å². The van der Waals surface area contributed by atoms with E-state index in [1.54, 1.807) is 47.3 Å². The smallest absolute Gasteiger partial charge is 0.263 e. The molecule has 0 radical (unpaired) electrons. The van der Waals surface area contributed by atoms with Crippen molar-refractivity contribution in [2.45, 2.75) is 56.0 Å². The van der Waals surface area contributed by atoms with Gasteiger partial charge in [0.15, 0.2) is 11.4 Å². The molecule has 2 N–H and O–H groups in total. The van der Waals surface area contributed by atoms with Gasteiger partial charge >= 0.3 is 0 Å². The average molecular weight is 862 g/mol. The van der Waals surface area contributed by atoms with Gasteiger partial charge in [-0.15, -0.1) is 0 Å². The summed E-state index contributed by atoms with van der Waals surface area (Å²) in [5.74, 6) is -1.05. The third kappa shape index (κ3) is 7.33. The molecule has 5 aromatic rings. The predicted molar refractivity (Wildman–Crippen MR) is 228 cm³/mol. The van der Waals surface area contributed by atoms with Crippen LogP contribution in [0.25, 0.3) is 11.0 Å². The van der Waals surface area contributed by atoms with Crippen LogP contribution in [0.1, 0.15) is 64.8 Å². The van der Waals surface area contributed by atoms with Gasteiger partial charge in [0.25, 0.3) is 21.8 Å². The molecule has 2 aromatic heterocycles. The van der Waals surface area contributed by atoms with E-state index in [0.29, 0.717) is 34.7 Å². The van der Waals surface area contributed by atoms with Crippen LogP contribution in [0.3, 0.4) is 0 Å². The SMILES string of the molecule is COc1cc(Cn2cccn2)cc2onc(NS(=O)(=O)c3cccc(N4CCC5(CCN(C[C@@H]6CCN(c7ccc8c(c7)C(=O)N(C7CCC(=O)NC7=O)C8=O)C6)CC5)C4)c3)c12. The lowest BCUT2D eigenvalue weighted by atomic mass is 9.77. The van der Waals surface area contributed by atoms with Gasteiger partial charge in [-0.3, -0.25) is 38.8 Å². The minimum Gasteiger partial charge on any atom is -0.496 e. The third-order valence-electron chi connectivity index (χ3n) is 13.4. The van der Waals surface area contributed by atoms with Crippen molar-refractivity contribution in [1.82, 2.24) is 30.1 Å². The number of anilines is 3. The lowest BCUT2D eigenvalue weighted by Crippen LogP contribution is -2.54. The zero-order valence-corrected chi connectivity index (χ0v) is 35.1. The van der Waals surface area contributed by atoms with Crippen molar-refractivity contribution >= 4 is 61.8 Å². The number of rotatable bonds is 11. The number of carbonyl (C=O) groups excluding carboxylic acids is 4. The largest absolute Gasteiger partial charge is 0.496 e. The summed E-state index contributed by atoms with van der Waals surface area (Å²) in [7, 11) is -2.50. The van der Waals surface area contributed by atoms with Crippen molar-refractivity contribution in [3.63, 3.8) is 0 Å². The first kappa shape index (κ1) is 39.8. The molecule has 1 spiro atoms. The number of likely N-dealkylation sites (tertiary alicyclic amines) is 1. The van der Waals surface area contributed by atoms with Crippen LogP contribution in [0.4, 0.5) is 17.2 Å². The maximum absolute atomic E-state index is 13.8. The summed E-state index contributed by atoms with van der Waals surface area (Å²) < 4.78 is 43.2. The summed E-state index contributed by atoms with van der Waals surface area (Å²) in [4.78, 5) is 59.0. The number of hydrogen-bond donors (Lipinski definition) is 2. The van der Waals surface area contributed by atoms with E-state index in [1.807, 2.05) is 30.5 Å². The Morgan fingerprint density at radius 2 is 1.71 bits per heavy atom. The van der Waals surface area contributed by atoms with Crippen molar-refractivity contribution in [2.75, 3.05) is 67.4 Å². The Kier molecular flexibility index (Phi) is 10.0. The van der Waals surface area contributed by atoms with Gasteiger partial charge in [0.05, 0.1) is 29.7 Å². The van der Waals surface area contributed by atoms with Gasteiger partial charge in [0, 0.05) is 62.9 Å². The van der Waals surface area contributed by atoms with E-state index in [1.165, 1.54) is 7.11 Å². The second kappa shape index (κ2) is 15.6. The average Bonchev–Trinajstić information content (AvgIpc) is 4.13. The lowest BCUT2D eigenvalue weighted by Gasteiger charge is -2.40. The molecule has 322 valence electrons. The zero-order chi connectivity index (χ0) is 42.8. The zero-order valence-electron chi connectivity index (χ0n) is 34.3. The number of ether oxygens (including phenoxy) is 1. The minimum absolute atomic E-state index is 0.0580. The monoisotopic (exact) mass is 861 g/mol. The van der Waals surface area contributed by atoms with E-state index >= 15 is 0 Å². The third-order valence-corrected chi connectivity index (χ3v) is 14.7. The summed E-state index contributed by atoms with van der Waals surface area (Å²) in [5, 5.41) is 11.0. The van der Waals surface area contributed by atoms with Gasteiger partial charge < -0.3 is 24.0 Å². The number of aromatic nitrogens is 3. The predicted octanol–water partition coefficient (Wildman–Crippen LogP) is 4.10. The minimum atomic E-state index is -4.03. The molecular weight excluding hydrogens is 815 g/mol. The summed E-state index contributed by atoms with van der Waals surface area (Å²) in [6.07, 6.45) is 7.95. The number of hydrogen-bond acceptors (Lipinski definition) is 13. The van der Waals surface area contributed by atoms with Crippen molar-refractivity contribution in [3.05, 3.63) is 89.7 Å². The Hall–Kier alpha value is -6.27. The summed E-state index contributed by atoms with van der Waals surface area (Å²) >= 11 is 0. The highest BCUT2D eigenvalue weighted by Gasteiger charge is 2.45. The Bertz CT molecular complexity index is 2710. The number of benzene rings is 3. The van der Waals surface area contributed by atoms with Crippen LogP contribution < -0.4 is 24.6 Å². The standard InChI is InChI=1S/C44H47N9O8S/c1-60-36-20-29(26-52-15-3-14-45-52)21-37-39(36)40(47-61-37)48-62(58,59)32-5-2-4-30(22-32)51-19-13-44(27-51)11-17-49(18-12-44)24-28-10-16-50(25-28)31-6-7-33-34(23-31)43(57)53(42(33)56)35-8-9-38(54)46-41(35)55/h2-7,14-15,20-23,28,35H,8-13,16-19,24-27H2,1H3,(H,47,48)(H,46,54,55)/t28-,35?/m0/s1. The van der Waals surface area contributed by atoms with E-state index in [9.17, 15) is 27.6 Å².